The number of piperidine rings is 1. The van der Waals surface area contributed by atoms with E-state index in [0.717, 1.165) is 25.9 Å². The fourth-order valence-corrected chi connectivity index (χ4v) is 2.42. The third-order valence-corrected chi connectivity index (χ3v) is 3.74. The highest BCUT2D eigenvalue weighted by molar-refractivity contribution is 5.76. The van der Waals surface area contributed by atoms with Crippen molar-refractivity contribution >= 4 is 5.91 Å². The largest absolute Gasteiger partial charge is 0.341 e. The summed E-state index contributed by atoms with van der Waals surface area (Å²) in [4.78, 5) is 18.4. The molecule has 1 atom stereocenters. The highest BCUT2D eigenvalue weighted by Gasteiger charge is 2.22. The van der Waals surface area contributed by atoms with Crippen molar-refractivity contribution in [2.75, 3.05) is 20.1 Å². The maximum Gasteiger partial charge on any atom is 0.227 e. The Balaban J connectivity index is 1.82. The van der Waals surface area contributed by atoms with E-state index in [0.29, 0.717) is 30.6 Å². The highest BCUT2D eigenvalue weighted by atomic mass is 16.5. The molecule has 1 amide bonds. The average molecular weight is 280 g/mol. The van der Waals surface area contributed by atoms with Crippen molar-refractivity contribution in [1.82, 2.24) is 20.4 Å². The van der Waals surface area contributed by atoms with E-state index in [2.05, 4.69) is 15.5 Å². The molecule has 112 valence electrons. The number of aromatic nitrogens is 2. The van der Waals surface area contributed by atoms with E-state index in [9.17, 15) is 4.79 Å². The van der Waals surface area contributed by atoms with Crippen molar-refractivity contribution in [2.24, 2.45) is 0 Å². The van der Waals surface area contributed by atoms with Crippen LogP contribution in [0.5, 0.6) is 0 Å². The molecule has 6 nitrogen and oxygen atoms in total. The summed E-state index contributed by atoms with van der Waals surface area (Å²) in [5, 5.41) is 7.15. The summed E-state index contributed by atoms with van der Waals surface area (Å²) in [6, 6.07) is 0.420. The number of aryl methyl sites for hydroxylation is 1. The fourth-order valence-electron chi connectivity index (χ4n) is 2.42. The second-order valence-electron chi connectivity index (χ2n) is 5.67. The first-order chi connectivity index (χ1) is 9.60. The van der Waals surface area contributed by atoms with Gasteiger partial charge in [0.15, 0.2) is 5.82 Å². The van der Waals surface area contributed by atoms with Gasteiger partial charge in [-0.05, 0) is 19.9 Å². The van der Waals surface area contributed by atoms with Gasteiger partial charge < -0.3 is 14.7 Å². The summed E-state index contributed by atoms with van der Waals surface area (Å²) < 4.78 is 5.16. The molecule has 20 heavy (non-hydrogen) atoms. The number of likely N-dealkylation sites (N-methyl/N-ethyl adjacent to an activating group) is 1. The van der Waals surface area contributed by atoms with Crippen LogP contribution in [-0.2, 0) is 11.2 Å². The number of carbonyl (C=O) groups excluding carboxylic acids is 1. The first-order valence-electron chi connectivity index (χ1n) is 7.37. The molecular weight excluding hydrogens is 256 g/mol. The smallest absolute Gasteiger partial charge is 0.227 e. The van der Waals surface area contributed by atoms with Crippen LogP contribution in [0.15, 0.2) is 4.52 Å². The van der Waals surface area contributed by atoms with Crippen LogP contribution in [0.4, 0.5) is 0 Å². The lowest BCUT2D eigenvalue weighted by Gasteiger charge is -2.32. The quantitative estimate of drug-likeness (QED) is 0.881. The van der Waals surface area contributed by atoms with Gasteiger partial charge in [0.1, 0.15) is 0 Å². The molecule has 0 spiro atoms. The number of hydrogen-bond donors (Lipinski definition) is 1. The Morgan fingerprint density at radius 2 is 2.35 bits per heavy atom. The lowest BCUT2D eigenvalue weighted by molar-refractivity contribution is -0.132. The monoisotopic (exact) mass is 280 g/mol. The van der Waals surface area contributed by atoms with E-state index in [1.807, 2.05) is 25.8 Å². The zero-order valence-electron chi connectivity index (χ0n) is 12.6. The molecule has 1 aromatic rings. The van der Waals surface area contributed by atoms with Gasteiger partial charge >= 0.3 is 0 Å². The Labute approximate surface area is 119 Å². The zero-order chi connectivity index (χ0) is 14.5. The normalized spacial score (nSPS) is 19.6. The number of carbonyl (C=O) groups is 1. The summed E-state index contributed by atoms with van der Waals surface area (Å²) in [6.45, 7) is 5.70. The zero-order valence-corrected chi connectivity index (χ0v) is 12.6. The van der Waals surface area contributed by atoms with Crippen molar-refractivity contribution in [1.29, 1.82) is 0 Å². The molecule has 1 saturated heterocycles. The molecule has 1 N–H and O–H groups in total. The molecule has 0 aliphatic carbocycles. The van der Waals surface area contributed by atoms with Gasteiger partial charge in [-0.3, -0.25) is 4.79 Å². The molecule has 1 aliphatic rings. The number of likely N-dealkylation sites (tertiary alicyclic amines) is 1. The third kappa shape index (κ3) is 3.79. The first kappa shape index (κ1) is 15.0. The van der Waals surface area contributed by atoms with E-state index in [1.165, 1.54) is 0 Å². The van der Waals surface area contributed by atoms with Gasteiger partial charge in [0, 0.05) is 37.9 Å². The summed E-state index contributed by atoms with van der Waals surface area (Å²) in [7, 11) is 1.95. The van der Waals surface area contributed by atoms with Crippen LogP contribution in [0.2, 0.25) is 0 Å². The summed E-state index contributed by atoms with van der Waals surface area (Å²) >= 11 is 0. The summed E-state index contributed by atoms with van der Waals surface area (Å²) in [5.41, 5.74) is 0. The minimum Gasteiger partial charge on any atom is -0.341 e. The predicted molar refractivity (Wildman–Crippen MR) is 75.4 cm³/mol. The highest BCUT2D eigenvalue weighted by Crippen LogP contribution is 2.13. The third-order valence-electron chi connectivity index (χ3n) is 3.74. The molecule has 6 heteroatoms. The average Bonchev–Trinajstić information content (AvgIpc) is 2.94. The maximum atomic E-state index is 12.2. The van der Waals surface area contributed by atoms with Gasteiger partial charge in [-0.2, -0.15) is 4.98 Å². The lowest BCUT2D eigenvalue weighted by atomic mass is 10.1. The number of hydrogen-bond acceptors (Lipinski definition) is 5. The SMILES string of the molecule is CNC1CCCN(C(=O)CCc2nc(C(C)C)no2)C1. The molecule has 1 aromatic heterocycles. The maximum absolute atomic E-state index is 12.2. The second kappa shape index (κ2) is 6.83. The number of amides is 1. The molecule has 1 unspecified atom stereocenters. The lowest BCUT2D eigenvalue weighted by Crippen LogP contribution is -2.47. The molecule has 0 saturated carbocycles. The van der Waals surface area contributed by atoms with Crippen LogP contribution >= 0.6 is 0 Å². The van der Waals surface area contributed by atoms with Crippen LogP contribution < -0.4 is 5.32 Å². The Morgan fingerprint density at radius 1 is 1.55 bits per heavy atom. The standard InChI is InChI=1S/C14H24N4O2/c1-10(2)14-16-12(20-17-14)6-7-13(19)18-8-4-5-11(9-18)15-3/h10-11,15H,4-9H2,1-3H3. The minimum atomic E-state index is 0.175. The molecule has 1 fully saturated rings. The van der Waals surface area contributed by atoms with E-state index >= 15 is 0 Å². The van der Waals surface area contributed by atoms with Crippen molar-refractivity contribution < 1.29 is 9.32 Å². The van der Waals surface area contributed by atoms with Crippen molar-refractivity contribution in [2.45, 2.75) is 51.5 Å². The van der Waals surface area contributed by atoms with Crippen molar-refractivity contribution in [3.8, 4) is 0 Å². The summed E-state index contributed by atoms with van der Waals surface area (Å²) in [6.07, 6.45) is 3.17. The molecule has 1 aliphatic heterocycles. The van der Waals surface area contributed by atoms with Gasteiger partial charge in [0.2, 0.25) is 11.8 Å². The van der Waals surface area contributed by atoms with Gasteiger partial charge in [0.25, 0.3) is 0 Å². The topological polar surface area (TPSA) is 71.3 Å². The predicted octanol–water partition coefficient (Wildman–Crippen LogP) is 1.34. The summed E-state index contributed by atoms with van der Waals surface area (Å²) in [5.74, 6) is 1.70. The van der Waals surface area contributed by atoms with Gasteiger partial charge in [-0.25, -0.2) is 0 Å². The molecule has 0 radical (unpaired) electrons. The van der Waals surface area contributed by atoms with Gasteiger partial charge in [-0.15, -0.1) is 0 Å². The van der Waals surface area contributed by atoms with E-state index in [1.54, 1.807) is 0 Å². The molecule has 2 rings (SSSR count). The molecule has 0 bridgehead atoms. The Bertz CT molecular complexity index is 444. The molecular formula is C14H24N4O2. The van der Waals surface area contributed by atoms with Crippen molar-refractivity contribution in [3.05, 3.63) is 11.7 Å². The van der Waals surface area contributed by atoms with Crippen LogP contribution in [0.1, 0.15) is 50.7 Å². The Hall–Kier alpha value is -1.43. The van der Waals surface area contributed by atoms with Gasteiger partial charge in [0.05, 0.1) is 0 Å². The van der Waals surface area contributed by atoms with Gasteiger partial charge in [-0.1, -0.05) is 19.0 Å². The van der Waals surface area contributed by atoms with Crippen LogP contribution in [-0.4, -0.2) is 47.1 Å². The minimum absolute atomic E-state index is 0.175. The Morgan fingerprint density at radius 3 is 3.00 bits per heavy atom. The fraction of sp³-hybridized carbons (Fsp3) is 0.786. The van der Waals surface area contributed by atoms with E-state index in [4.69, 9.17) is 4.52 Å². The van der Waals surface area contributed by atoms with Crippen LogP contribution in [0, 0.1) is 0 Å². The molecule has 0 aromatic carbocycles. The first-order valence-corrected chi connectivity index (χ1v) is 7.37. The number of nitrogens with one attached hydrogen (secondary N) is 1. The number of nitrogens with zero attached hydrogens (tertiary/aromatic N) is 3. The van der Waals surface area contributed by atoms with E-state index < -0.39 is 0 Å². The van der Waals surface area contributed by atoms with Crippen LogP contribution in [0.3, 0.4) is 0 Å². The van der Waals surface area contributed by atoms with Crippen LogP contribution in [0.25, 0.3) is 0 Å². The van der Waals surface area contributed by atoms with E-state index in [-0.39, 0.29) is 11.8 Å². The number of rotatable bonds is 5. The second-order valence-corrected chi connectivity index (χ2v) is 5.67. The van der Waals surface area contributed by atoms with Crippen molar-refractivity contribution in [3.63, 3.8) is 0 Å². The Kier molecular flexibility index (Phi) is 5.11. The molecule has 2 heterocycles.